The third-order valence-electron chi connectivity index (χ3n) is 19.3. The molecule has 8 aliphatic rings. The predicted octanol–water partition coefficient (Wildman–Crippen LogP) is -19.7. The zero-order valence-electron chi connectivity index (χ0n) is 57.5. The van der Waals surface area contributed by atoms with Crippen LogP contribution in [0.4, 0.5) is 0 Å². The fourth-order valence-corrected chi connectivity index (χ4v) is 13.6. The second-order valence-electron chi connectivity index (χ2n) is 26.8. The fraction of sp³-hybridized carbons (Fsp3) is 0.915. The number of hydrogen-bond acceptors (Lipinski definition) is 44. The molecular formula is C59H98N4O45. The minimum absolute atomic E-state index is 0.767. The van der Waals surface area contributed by atoms with Gasteiger partial charge < -0.3 is 220 Å². The standard InChI is InChI=1S/C59H98N4O45/c1-14(71)60-28-36(82)45(21(8-67)96-51(28)91)103-52-29(61-15(2)72)37(83)47(23(10-69)99-52)105-56-44(90)49(106-54-42(88)39(85)32(78)19(6-65)97-54)35(81)24(101-56)12-94-57-50(41(87)33(79)20(7-66)98-57)107-53-30(62-16(3)73)38(84)46(22(9-68)100-53)104-55-43(89)40(86)34(80)25(102-55)13-95-59(58(92)93)4-17(74)27(63-26(76)11-70)48(108-59)31(77)18(75)5-64/h17-25,27-57,64-70,74-75,77-91H,4-13H2,1-3H3,(H,60,71)(H,61,72)(H,62,73)(H,63,76)(H,92,93)/t17-,18+,19+,20+,21+,22+,23+,24+,25+,27+,28+,29+,30+,31+,32+,33+,34-,35+,36+,37+,38+,39-,40-,41-,42-,43+,44-,45+,46+,47+,48+,49-,50-,51+,52-,53-,54+,55-,56-,57-,59+/m0/s1. The first kappa shape index (κ1) is 89.3. The minimum Gasteiger partial charge on any atom is -0.477 e. The molecule has 0 aromatic heterocycles. The van der Waals surface area contributed by atoms with Crippen LogP contribution in [0.25, 0.3) is 0 Å². The summed E-state index contributed by atoms with van der Waals surface area (Å²) in [5, 5.41) is 282. The highest BCUT2D eigenvalue weighted by Crippen LogP contribution is 2.40. The van der Waals surface area contributed by atoms with Crippen LogP contribution in [0.5, 0.6) is 0 Å². The molecule has 0 aliphatic carbocycles. The van der Waals surface area contributed by atoms with Crippen molar-refractivity contribution in [3.05, 3.63) is 0 Å². The number of aliphatic hydroxyl groups excluding tert-OH is 24. The lowest BCUT2D eigenvalue weighted by Crippen LogP contribution is -2.70. The number of rotatable bonds is 30. The van der Waals surface area contributed by atoms with Gasteiger partial charge in [-0.3, -0.25) is 19.2 Å². The van der Waals surface area contributed by atoms with Crippen molar-refractivity contribution in [1.82, 2.24) is 21.3 Å². The van der Waals surface area contributed by atoms with Gasteiger partial charge in [-0.1, -0.05) is 0 Å². The van der Waals surface area contributed by atoms with Gasteiger partial charge in [-0.15, -0.1) is 0 Å². The fourth-order valence-electron chi connectivity index (χ4n) is 13.6. The average Bonchev–Trinajstić information content (AvgIpc) is 0.786. The molecule has 8 fully saturated rings. The summed E-state index contributed by atoms with van der Waals surface area (Å²) in [4.78, 5) is 62.9. The third-order valence-corrected chi connectivity index (χ3v) is 19.3. The molecule has 49 nitrogen and oxygen atoms in total. The van der Waals surface area contributed by atoms with Gasteiger partial charge >= 0.3 is 5.97 Å². The molecule has 0 unspecified atom stereocenters. The van der Waals surface area contributed by atoms with Gasteiger partial charge in [-0.05, 0) is 0 Å². The van der Waals surface area contributed by atoms with Crippen molar-refractivity contribution in [3.8, 4) is 0 Å². The first-order chi connectivity index (χ1) is 50.9. The van der Waals surface area contributed by atoms with E-state index in [4.69, 9.17) is 71.1 Å². The largest absolute Gasteiger partial charge is 0.477 e. The second kappa shape index (κ2) is 38.7. The Hall–Kier alpha value is -4.21. The van der Waals surface area contributed by atoms with Crippen LogP contribution < -0.4 is 21.3 Å². The molecule has 8 saturated heterocycles. The molecule has 624 valence electrons. The van der Waals surface area contributed by atoms with Crippen molar-refractivity contribution in [2.24, 2.45) is 0 Å². The lowest BCUT2D eigenvalue weighted by Gasteiger charge is -2.50. The molecule has 108 heavy (non-hydrogen) atoms. The van der Waals surface area contributed by atoms with Gasteiger partial charge in [0.05, 0.1) is 65.0 Å². The molecule has 0 bridgehead atoms. The van der Waals surface area contributed by atoms with Crippen LogP contribution in [0.1, 0.15) is 27.2 Å². The molecule has 8 rings (SSSR count). The molecule has 8 aliphatic heterocycles. The van der Waals surface area contributed by atoms with Crippen LogP contribution in [0.2, 0.25) is 0 Å². The molecule has 41 atom stereocenters. The Morgan fingerprint density at radius 2 is 0.787 bits per heavy atom. The van der Waals surface area contributed by atoms with E-state index in [-0.39, 0.29) is 0 Å². The van der Waals surface area contributed by atoms with Crippen LogP contribution in [0.15, 0.2) is 0 Å². The van der Waals surface area contributed by atoms with Crippen LogP contribution in [0.3, 0.4) is 0 Å². The van der Waals surface area contributed by atoms with E-state index in [9.17, 15) is 152 Å². The molecule has 0 spiro atoms. The van der Waals surface area contributed by atoms with Gasteiger partial charge in [0.2, 0.25) is 23.6 Å². The summed E-state index contributed by atoms with van der Waals surface area (Å²) in [6.45, 7) is -7.32. The molecular weight excluding hydrogens is 1480 g/mol. The maximum atomic E-state index is 13.0. The van der Waals surface area contributed by atoms with Gasteiger partial charge in [0.1, 0.15) is 196 Å². The van der Waals surface area contributed by atoms with Gasteiger partial charge in [-0.2, -0.15) is 0 Å². The van der Waals surface area contributed by atoms with Crippen LogP contribution in [-0.4, -0.2) is 468 Å². The first-order valence-corrected chi connectivity index (χ1v) is 33.9. The van der Waals surface area contributed by atoms with Gasteiger partial charge in [-0.25, -0.2) is 4.79 Å². The molecule has 0 radical (unpaired) electrons. The van der Waals surface area contributed by atoms with Gasteiger partial charge in [0.15, 0.2) is 44.0 Å². The average molecular weight is 1580 g/mol. The van der Waals surface area contributed by atoms with Crippen molar-refractivity contribution in [1.29, 1.82) is 0 Å². The number of aliphatic hydroxyl groups is 24. The molecule has 0 aromatic carbocycles. The Morgan fingerprint density at radius 3 is 1.25 bits per heavy atom. The topological polar surface area (TPSA) is 778 Å². The Bertz CT molecular complexity index is 2890. The molecule has 49 heteroatoms. The number of aliphatic carboxylic acids is 1. The number of amides is 4. The smallest absolute Gasteiger partial charge is 0.364 e. The summed E-state index contributed by atoms with van der Waals surface area (Å²) < 4.78 is 87.3. The number of carbonyl (C=O) groups excluding carboxylic acids is 4. The second-order valence-corrected chi connectivity index (χ2v) is 26.8. The summed E-state index contributed by atoms with van der Waals surface area (Å²) in [6, 6.07) is -7.27. The zero-order valence-corrected chi connectivity index (χ0v) is 57.5. The molecule has 8 heterocycles. The number of carboxylic acid groups (broad SMARTS) is 1. The lowest BCUT2D eigenvalue weighted by atomic mass is 9.88. The number of nitrogens with one attached hydrogen (secondary N) is 4. The maximum absolute atomic E-state index is 13.0. The maximum Gasteiger partial charge on any atom is 0.364 e. The zero-order chi connectivity index (χ0) is 80.0. The highest BCUT2D eigenvalue weighted by atomic mass is 16.8. The van der Waals surface area contributed by atoms with Gasteiger partial charge in [0, 0.05) is 27.2 Å². The summed E-state index contributed by atoms with van der Waals surface area (Å²) in [5.74, 6) is -9.02. The predicted molar refractivity (Wildman–Crippen MR) is 329 cm³/mol. The molecule has 0 aromatic rings. The molecule has 4 amide bonds. The summed E-state index contributed by atoms with van der Waals surface area (Å²) >= 11 is 0. The van der Waals surface area contributed by atoms with Crippen LogP contribution >= 0.6 is 0 Å². The van der Waals surface area contributed by atoms with Crippen molar-refractivity contribution < 1.29 is 223 Å². The van der Waals surface area contributed by atoms with E-state index in [1.54, 1.807) is 0 Å². The van der Waals surface area contributed by atoms with Crippen molar-refractivity contribution in [2.75, 3.05) is 59.5 Å². The molecule has 0 saturated carbocycles. The quantitative estimate of drug-likeness (QED) is 0.0318. The number of hydrogen-bond donors (Lipinski definition) is 29. The minimum atomic E-state index is -3.12. The highest BCUT2D eigenvalue weighted by Gasteiger charge is 2.61. The SMILES string of the molecule is CC(=O)N[C@@H]1[C@@H](O)[C@H](O[C@@H]2O[C@H](CO)[C@@H](O[C@@H]3O[C@H](CO[C@H]4O[C@H](CO)[C@@H](O)[C@H](O)[C@@H]4O[C@@H]4O[C@H](CO)[C@@H](O[C@@H]5O[C@H](CO[C@]6(C(=O)O)C[C@H](O)[C@@H](NC(=O)CO)[C@H]([C@H](O)[C@H](O)CO)O6)[C@H](O)[C@H](O)[C@H]5O)[C@H](O)[C@H]4NC(C)=O)[C@@H](O)[C@H](O[C@H]4O[C@H](CO)[C@@H](O)[C@H](O)[C@@H]4O)[C@@H]3O)[C@H](O)[C@H]2NC(C)=O)[C@@H](CO)O[C@H]1O. The van der Waals surface area contributed by atoms with E-state index in [1.807, 2.05) is 0 Å². The van der Waals surface area contributed by atoms with Crippen LogP contribution in [0, 0.1) is 0 Å². The van der Waals surface area contributed by atoms with Crippen molar-refractivity contribution in [2.45, 2.75) is 278 Å². The third kappa shape index (κ3) is 19.8. The molecule has 29 N–H and O–H groups in total. The summed E-state index contributed by atoms with van der Waals surface area (Å²) in [6.07, 6.45) is -77.1. The Labute approximate surface area is 609 Å². The van der Waals surface area contributed by atoms with Gasteiger partial charge in [0.25, 0.3) is 5.79 Å². The monoisotopic (exact) mass is 1580 g/mol. The van der Waals surface area contributed by atoms with Crippen molar-refractivity contribution >= 4 is 29.6 Å². The highest BCUT2D eigenvalue weighted by molar-refractivity contribution is 5.78. The number of carboxylic acids is 1. The van der Waals surface area contributed by atoms with E-state index in [2.05, 4.69) is 21.3 Å². The summed E-state index contributed by atoms with van der Waals surface area (Å²) in [5.41, 5.74) is 0. The van der Waals surface area contributed by atoms with Crippen LogP contribution in [-0.2, 0) is 95.0 Å². The van der Waals surface area contributed by atoms with Crippen molar-refractivity contribution in [3.63, 3.8) is 0 Å². The number of carbonyl (C=O) groups is 5. The van der Waals surface area contributed by atoms with E-state index in [1.165, 1.54) is 0 Å². The summed E-state index contributed by atoms with van der Waals surface area (Å²) in [7, 11) is 0. The van der Waals surface area contributed by atoms with E-state index < -0.39 is 346 Å². The van der Waals surface area contributed by atoms with E-state index in [0.717, 1.165) is 20.8 Å². The Kier molecular flexibility index (Phi) is 32.1. The normalized spacial score (nSPS) is 46.5. The number of ether oxygens (including phenoxy) is 15. The lowest BCUT2D eigenvalue weighted by molar-refractivity contribution is -0.389. The Balaban J connectivity index is 1.04. The van der Waals surface area contributed by atoms with E-state index in [0.29, 0.717) is 0 Å². The Morgan fingerprint density at radius 1 is 0.398 bits per heavy atom. The first-order valence-electron chi connectivity index (χ1n) is 33.9. The van der Waals surface area contributed by atoms with E-state index >= 15 is 0 Å².